The van der Waals surface area contributed by atoms with Crippen LogP contribution in [0.5, 0.6) is 0 Å². The Morgan fingerprint density at radius 1 is 1.40 bits per heavy atom. The minimum Gasteiger partial charge on any atom is -0.373 e. The highest BCUT2D eigenvalue weighted by Gasteiger charge is 2.25. The molecule has 0 spiro atoms. The molecule has 20 heavy (non-hydrogen) atoms. The van der Waals surface area contributed by atoms with Crippen LogP contribution in [0.15, 0.2) is 24.5 Å². The number of nitro groups is 1. The number of hydrogen-bond donors (Lipinski definition) is 1. The predicted molar refractivity (Wildman–Crippen MR) is 73.7 cm³/mol. The van der Waals surface area contributed by atoms with Gasteiger partial charge in [0.05, 0.1) is 11.5 Å². The number of hydrogen-bond acceptors (Lipinski definition) is 6. The van der Waals surface area contributed by atoms with Crippen LogP contribution in [-0.2, 0) is 13.1 Å². The van der Waals surface area contributed by atoms with Crippen LogP contribution >= 0.6 is 0 Å². The molecule has 0 saturated heterocycles. The van der Waals surface area contributed by atoms with Crippen molar-refractivity contribution >= 4 is 17.3 Å². The normalized spacial score (nSPS) is 13.9. The molecule has 2 aromatic heterocycles. The summed E-state index contributed by atoms with van der Waals surface area (Å²) in [5, 5.41) is 14.1. The molecule has 1 N–H and O–H groups in total. The summed E-state index contributed by atoms with van der Waals surface area (Å²) >= 11 is 0. The average molecular weight is 274 g/mol. The Balaban J connectivity index is 1.99. The van der Waals surface area contributed by atoms with Crippen molar-refractivity contribution in [2.75, 3.05) is 23.8 Å². The largest absolute Gasteiger partial charge is 0.373 e. The van der Waals surface area contributed by atoms with E-state index in [1.165, 1.54) is 6.07 Å². The summed E-state index contributed by atoms with van der Waals surface area (Å²) in [6.45, 7) is 1.94. The number of pyridine rings is 1. The Kier molecular flexibility index (Phi) is 2.97. The molecule has 8 nitrogen and oxygen atoms in total. The molecule has 0 aromatic carbocycles. The van der Waals surface area contributed by atoms with E-state index in [0.717, 1.165) is 12.4 Å². The molecule has 0 aliphatic carbocycles. The average Bonchev–Trinajstić information content (AvgIpc) is 2.93. The van der Waals surface area contributed by atoms with Crippen molar-refractivity contribution < 1.29 is 4.92 Å². The quantitative estimate of drug-likeness (QED) is 0.669. The molecule has 1 aliphatic rings. The predicted octanol–water partition coefficient (Wildman–Crippen LogP) is 1.25. The fraction of sp³-hybridized carbons (Fsp3) is 0.333. The fourth-order valence-electron chi connectivity index (χ4n) is 2.31. The van der Waals surface area contributed by atoms with Gasteiger partial charge in [-0.2, -0.15) is 0 Å². The Morgan fingerprint density at radius 2 is 2.25 bits per heavy atom. The van der Waals surface area contributed by atoms with Gasteiger partial charge in [-0.3, -0.25) is 10.1 Å². The zero-order chi connectivity index (χ0) is 14.1. The minimum atomic E-state index is -0.400. The van der Waals surface area contributed by atoms with Gasteiger partial charge in [-0.25, -0.2) is 9.97 Å². The van der Waals surface area contributed by atoms with Gasteiger partial charge in [0, 0.05) is 38.6 Å². The van der Waals surface area contributed by atoms with Crippen molar-refractivity contribution in [1.29, 1.82) is 0 Å². The van der Waals surface area contributed by atoms with E-state index in [2.05, 4.69) is 15.3 Å². The lowest BCUT2D eigenvalue weighted by Crippen LogP contribution is -2.34. The summed E-state index contributed by atoms with van der Waals surface area (Å²) in [4.78, 5) is 21.2. The topological polar surface area (TPSA) is 89.1 Å². The number of nitrogens with zero attached hydrogens (tertiary/aromatic N) is 5. The molecule has 8 heteroatoms. The summed E-state index contributed by atoms with van der Waals surface area (Å²) in [6, 6.07) is 3.09. The second-order valence-corrected chi connectivity index (χ2v) is 4.50. The molecule has 3 heterocycles. The molecule has 0 amide bonds. The first-order valence-corrected chi connectivity index (χ1v) is 6.27. The van der Waals surface area contributed by atoms with Gasteiger partial charge in [-0.1, -0.05) is 0 Å². The highest BCUT2D eigenvalue weighted by atomic mass is 16.6. The number of aromatic nitrogens is 3. The number of nitrogens with one attached hydrogen (secondary N) is 1. The summed E-state index contributed by atoms with van der Waals surface area (Å²) in [5.74, 6) is 1.89. The second-order valence-electron chi connectivity index (χ2n) is 4.50. The van der Waals surface area contributed by atoms with E-state index in [-0.39, 0.29) is 5.69 Å². The third-order valence-electron chi connectivity index (χ3n) is 3.35. The smallest absolute Gasteiger partial charge is 0.311 e. The SMILES string of the molecule is CNc1ccc([N+](=O)[O-])c(N2CCn3ccnc3C2)n1. The number of anilines is 2. The summed E-state index contributed by atoms with van der Waals surface area (Å²) in [6.07, 6.45) is 3.66. The molecular weight excluding hydrogens is 260 g/mol. The number of fused-ring (bicyclic) bond motifs is 1. The van der Waals surface area contributed by atoms with Crippen LogP contribution in [0.4, 0.5) is 17.3 Å². The molecule has 0 radical (unpaired) electrons. The highest BCUT2D eigenvalue weighted by molar-refractivity contribution is 5.61. The van der Waals surface area contributed by atoms with E-state index in [1.807, 2.05) is 15.7 Å². The number of imidazole rings is 1. The first-order chi connectivity index (χ1) is 9.69. The Labute approximate surface area is 115 Å². The lowest BCUT2D eigenvalue weighted by atomic mass is 10.3. The molecule has 1 aliphatic heterocycles. The maximum Gasteiger partial charge on any atom is 0.311 e. The maximum atomic E-state index is 11.2. The van der Waals surface area contributed by atoms with Gasteiger partial charge < -0.3 is 14.8 Å². The van der Waals surface area contributed by atoms with Crippen molar-refractivity contribution in [1.82, 2.24) is 14.5 Å². The first-order valence-electron chi connectivity index (χ1n) is 6.27. The van der Waals surface area contributed by atoms with E-state index < -0.39 is 4.92 Å². The van der Waals surface area contributed by atoms with Gasteiger partial charge in [0.25, 0.3) is 0 Å². The highest BCUT2D eigenvalue weighted by Crippen LogP contribution is 2.29. The third-order valence-corrected chi connectivity index (χ3v) is 3.35. The molecule has 0 unspecified atom stereocenters. The van der Waals surface area contributed by atoms with Gasteiger partial charge in [0.15, 0.2) is 0 Å². The number of rotatable bonds is 3. The molecule has 3 rings (SSSR count). The van der Waals surface area contributed by atoms with Crippen LogP contribution < -0.4 is 10.2 Å². The van der Waals surface area contributed by atoms with Gasteiger partial charge >= 0.3 is 5.69 Å². The summed E-state index contributed by atoms with van der Waals surface area (Å²) in [5.41, 5.74) is 0.0176. The van der Waals surface area contributed by atoms with Crippen LogP contribution in [-0.4, -0.2) is 33.1 Å². The molecule has 0 atom stereocenters. The van der Waals surface area contributed by atoms with E-state index in [1.54, 1.807) is 19.3 Å². The van der Waals surface area contributed by atoms with Crippen molar-refractivity contribution in [3.63, 3.8) is 0 Å². The van der Waals surface area contributed by atoms with Crippen LogP contribution in [0.3, 0.4) is 0 Å². The minimum absolute atomic E-state index is 0.0176. The molecule has 0 saturated carbocycles. The van der Waals surface area contributed by atoms with Crippen LogP contribution in [0.25, 0.3) is 0 Å². The Bertz CT molecular complexity index is 653. The molecule has 0 fully saturated rings. The first kappa shape index (κ1) is 12.4. The van der Waals surface area contributed by atoms with Gasteiger partial charge in [-0.05, 0) is 6.07 Å². The summed E-state index contributed by atoms with van der Waals surface area (Å²) in [7, 11) is 1.74. The van der Waals surface area contributed by atoms with Crippen molar-refractivity contribution in [3.8, 4) is 0 Å². The molecule has 2 aromatic rings. The van der Waals surface area contributed by atoms with Gasteiger partial charge in [0.2, 0.25) is 5.82 Å². The van der Waals surface area contributed by atoms with Gasteiger partial charge in [-0.15, -0.1) is 0 Å². The summed E-state index contributed by atoms with van der Waals surface area (Å²) < 4.78 is 2.05. The Morgan fingerprint density at radius 3 is 3.00 bits per heavy atom. The standard InChI is InChI=1S/C12H14N6O2/c1-13-10-3-2-9(18(19)20)12(15-10)17-7-6-16-5-4-14-11(16)8-17/h2-5H,6-8H2,1H3,(H,13,15). The third kappa shape index (κ3) is 2.04. The zero-order valence-corrected chi connectivity index (χ0v) is 11.0. The van der Waals surface area contributed by atoms with E-state index in [9.17, 15) is 10.1 Å². The molecular formula is C12H14N6O2. The van der Waals surface area contributed by atoms with E-state index in [0.29, 0.717) is 24.7 Å². The molecule has 104 valence electrons. The lowest BCUT2D eigenvalue weighted by molar-refractivity contribution is -0.384. The van der Waals surface area contributed by atoms with Crippen LogP contribution in [0.1, 0.15) is 5.82 Å². The van der Waals surface area contributed by atoms with Crippen molar-refractivity contribution in [2.24, 2.45) is 0 Å². The van der Waals surface area contributed by atoms with Crippen molar-refractivity contribution in [3.05, 3.63) is 40.5 Å². The monoisotopic (exact) mass is 274 g/mol. The second kappa shape index (κ2) is 4.80. The van der Waals surface area contributed by atoms with Crippen molar-refractivity contribution in [2.45, 2.75) is 13.1 Å². The van der Waals surface area contributed by atoms with E-state index in [4.69, 9.17) is 0 Å². The van der Waals surface area contributed by atoms with Gasteiger partial charge in [0.1, 0.15) is 11.6 Å². The lowest BCUT2D eigenvalue weighted by Gasteiger charge is -2.28. The molecule has 0 bridgehead atoms. The fourth-order valence-corrected chi connectivity index (χ4v) is 2.31. The van der Waals surface area contributed by atoms with Crippen LogP contribution in [0, 0.1) is 10.1 Å². The Hall–Kier alpha value is -2.64. The van der Waals surface area contributed by atoms with E-state index >= 15 is 0 Å². The van der Waals surface area contributed by atoms with Crippen LogP contribution in [0.2, 0.25) is 0 Å². The maximum absolute atomic E-state index is 11.2. The zero-order valence-electron chi connectivity index (χ0n) is 11.0.